The molecule has 3 aromatic carbocycles. The number of amides is 3. The largest absolute Gasteiger partial charge is 0.497 e. The van der Waals surface area contributed by atoms with E-state index in [1.165, 1.54) is 0 Å². The number of hydrogen-bond acceptors (Lipinski definition) is 6. The molecule has 3 aliphatic carbocycles. The fraction of sp³-hybridized carbons (Fsp3) is 0.333. The number of imide groups is 1. The zero-order valence-corrected chi connectivity index (χ0v) is 23.0. The first-order chi connectivity index (χ1) is 19.9. The molecule has 210 valence electrons. The maximum Gasteiger partial charge on any atom is 0.329 e. The van der Waals surface area contributed by atoms with Crippen LogP contribution in [0.4, 0.5) is 5.69 Å². The number of carbonyl (C=O) groups excluding carboxylic acids is 4. The lowest BCUT2D eigenvalue weighted by molar-refractivity contribution is -0.160. The van der Waals surface area contributed by atoms with Crippen LogP contribution < -0.4 is 10.1 Å². The van der Waals surface area contributed by atoms with Crippen LogP contribution in [0.1, 0.15) is 60.3 Å². The van der Waals surface area contributed by atoms with Crippen molar-refractivity contribution in [3.63, 3.8) is 0 Å². The minimum Gasteiger partial charge on any atom is -0.497 e. The Hall–Kier alpha value is -4.46. The number of unbranched alkanes of at least 4 members (excludes halogenated alkanes) is 1. The number of ether oxygens (including phenoxy) is 2. The minimum absolute atomic E-state index is 0.253. The van der Waals surface area contributed by atoms with Gasteiger partial charge in [-0.3, -0.25) is 19.3 Å². The van der Waals surface area contributed by atoms with E-state index >= 15 is 0 Å². The number of methoxy groups -OCH3 is 1. The van der Waals surface area contributed by atoms with Gasteiger partial charge in [-0.15, -0.1) is 0 Å². The van der Waals surface area contributed by atoms with E-state index < -0.39 is 36.4 Å². The monoisotopic (exact) mass is 552 g/mol. The zero-order valence-electron chi connectivity index (χ0n) is 23.0. The molecule has 2 bridgehead atoms. The lowest BCUT2D eigenvalue weighted by atomic mass is 9.55. The standard InChI is InChI=1S/C33H32N2O6/c1-3-4-13-25(33(39)41-18-26(36)34-19-14-16-20(40-2)17-15-19)35-31(37)29-27-21-9-5-6-10-22(21)28(30(29)32(35)38)24-12-8-7-11-23(24)27/h5-12,14-17,25,27-30H,3-4,13,18H2,1-2H3,(H,34,36)/t25-,27?,28?,29-,30+/m0/s1. The van der Waals surface area contributed by atoms with Crippen LogP contribution in [0.3, 0.4) is 0 Å². The molecule has 41 heavy (non-hydrogen) atoms. The van der Waals surface area contributed by atoms with Crippen molar-refractivity contribution in [2.45, 2.75) is 44.1 Å². The Balaban J connectivity index is 1.24. The lowest BCUT2D eigenvalue weighted by Crippen LogP contribution is -2.47. The summed E-state index contributed by atoms with van der Waals surface area (Å²) in [5.74, 6) is -2.94. The van der Waals surface area contributed by atoms with Crippen LogP contribution in [-0.4, -0.2) is 48.3 Å². The van der Waals surface area contributed by atoms with Gasteiger partial charge in [0.1, 0.15) is 11.8 Å². The Morgan fingerprint density at radius 1 is 0.829 bits per heavy atom. The van der Waals surface area contributed by atoms with Gasteiger partial charge in [0, 0.05) is 17.5 Å². The second kappa shape index (κ2) is 10.8. The van der Waals surface area contributed by atoms with Crippen molar-refractivity contribution < 1.29 is 28.7 Å². The molecular weight excluding hydrogens is 520 g/mol. The van der Waals surface area contributed by atoms with Gasteiger partial charge in [0.2, 0.25) is 11.8 Å². The third-order valence-electron chi connectivity index (χ3n) is 8.62. The average molecular weight is 553 g/mol. The van der Waals surface area contributed by atoms with E-state index in [1.54, 1.807) is 31.4 Å². The number of likely N-dealkylation sites (tertiary alicyclic amines) is 1. The molecule has 1 heterocycles. The topological polar surface area (TPSA) is 102 Å². The molecule has 7 rings (SSSR count). The van der Waals surface area contributed by atoms with Gasteiger partial charge in [-0.05, 0) is 52.9 Å². The van der Waals surface area contributed by atoms with Crippen LogP contribution in [0, 0.1) is 11.8 Å². The summed E-state index contributed by atoms with van der Waals surface area (Å²) in [6.45, 7) is 1.45. The number of nitrogens with zero attached hydrogens (tertiary/aromatic N) is 1. The van der Waals surface area contributed by atoms with Gasteiger partial charge in [0.05, 0.1) is 18.9 Å². The summed E-state index contributed by atoms with van der Waals surface area (Å²) in [5, 5.41) is 2.68. The quantitative estimate of drug-likeness (QED) is 0.307. The summed E-state index contributed by atoms with van der Waals surface area (Å²) in [7, 11) is 1.55. The van der Waals surface area contributed by atoms with Gasteiger partial charge in [-0.25, -0.2) is 4.79 Å². The van der Waals surface area contributed by atoms with E-state index in [0.29, 0.717) is 17.9 Å². The van der Waals surface area contributed by atoms with Crippen molar-refractivity contribution in [2.24, 2.45) is 11.8 Å². The Morgan fingerprint density at radius 2 is 1.34 bits per heavy atom. The maximum absolute atomic E-state index is 14.1. The van der Waals surface area contributed by atoms with E-state index in [-0.39, 0.29) is 30.1 Å². The van der Waals surface area contributed by atoms with Gasteiger partial charge in [-0.1, -0.05) is 68.3 Å². The van der Waals surface area contributed by atoms with Gasteiger partial charge in [0.15, 0.2) is 6.61 Å². The number of carbonyl (C=O) groups is 4. The lowest BCUT2D eigenvalue weighted by Gasteiger charge is -2.45. The highest BCUT2D eigenvalue weighted by Gasteiger charge is 2.63. The summed E-state index contributed by atoms with van der Waals surface area (Å²) in [4.78, 5) is 55.3. The summed E-state index contributed by atoms with van der Waals surface area (Å²) >= 11 is 0. The molecule has 1 N–H and O–H groups in total. The van der Waals surface area contributed by atoms with Crippen LogP contribution in [-0.2, 0) is 23.9 Å². The van der Waals surface area contributed by atoms with Crippen molar-refractivity contribution in [2.75, 3.05) is 19.0 Å². The fourth-order valence-electron chi connectivity index (χ4n) is 6.86. The number of rotatable bonds is 9. The van der Waals surface area contributed by atoms with Gasteiger partial charge in [0.25, 0.3) is 5.91 Å². The molecule has 0 radical (unpaired) electrons. The number of anilines is 1. The van der Waals surface area contributed by atoms with E-state index in [1.807, 2.05) is 55.5 Å². The predicted octanol–water partition coefficient (Wildman–Crippen LogP) is 4.63. The third-order valence-corrected chi connectivity index (χ3v) is 8.62. The van der Waals surface area contributed by atoms with E-state index in [0.717, 1.165) is 33.6 Å². The van der Waals surface area contributed by atoms with Crippen molar-refractivity contribution in [3.8, 4) is 5.75 Å². The minimum atomic E-state index is -1.08. The Labute approximate surface area is 238 Å². The molecule has 1 fully saturated rings. The fourth-order valence-corrected chi connectivity index (χ4v) is 6.86. The molecule has 1 aliphatic heterocycles. The average Bonchev–Trinajstić information content (AvgIpc) is 3.26. The molecule has 0 saturated carbocycles. The first-order valence-corrected chi connectivity index (χ1v) is 14.1. The number of benzene rings is 3. The molecule has 3 aromatic rings. The molecule has 0 aromatic heterocycles. The van der Waals surface area contributed by atoms with Gasteiger partial charge < -0.3 is 14.8 Å². The van der Waals surface area contributed by atoms with Crippen LogP contribution in [0.5, 0.6) is 5.75 Å². The molecule has 0 spiro atoms. The van der Waals surface area contributed by atoms with Gasteiger partial charge in [-0.2, -0.15) is 0 Å². The number of nitrogens with one attached hydrogen (secondary N) is 1. The summed E-state index contributed by atoms with van der Waals surface area (Å²) in [6.07, 6.45) is 1.67. The highest BCUT2D eigenvalue weighted by atomic mass is 16.5. The highest BCUT2D eigenvalue weighted by molar-refractivity contribution is 6.10. The van der Waals surface area contributed by atoms with Crippen LogP contribution in [0.25, 0.3) is 0 Å². The Bertz CT molecular complexity index is 1400. The van der Waals surface area contributed by atoms with Crippen molar-refractivity contribution in [3.05, 3.63) is 95.1 Å². The van der Waals surface area contributed by atoms with Crippen LogP contribution in [0.15, 0.2) is 72.8 Å². The smallest absolute Gasteiger partial charge is 0.329 e. The maximum atomic E-state index is 14.1. The SMILES string of the molecule is CCCC[C@@H](C(=O)OCC(=O)Nc1ccc(OC)cc1)N1C(=O)[C@@H]2C3c4ccccc4C(c4ccccc43)[C@@H]2C1=O. The molecule has 0 unspecified atom stereocenters. The van der Waals surface area contributed by atoms with E-state index in [2.05, 4.69) is 5.32 Å². The summed E-state index contributed by atoms with van der Waals surface area (Å²) in [6, 6.07) is 21.7. The molecule has 4 aliphatic rings. The van der Waals surface area contributed by atoms with Gasteiger partial charge >= 0.3 is 5.97 Å². The normalized spacial score (nSPS) is 22.4. The van der Waals surface area contributed by atoms with Crippen molar-refractivity contribution in [1.82, 2.24) is 4.90 Å². The molecule has 8 nitrogen and oxygen atoms in total. The van der Waals surface area contributed by atoms with Crippen molar-refractivity contribution >= 4 is 29.4 Å². The molecular formula is C33H32N2O6. The van der Waals surface area contributed by atoms with E-state index in [4.69, 9.17) is 9.47 Å². The van der Waals surface area contributed by atoms with Crippen molar-refractivity contribution in [1.29, 1.82) is 0 Å². The molecule has 3 atom stereocenters. The predicted molar refractivity (Wildman–Crippen MR) is 151 cm³/mol. The molecule has 3 amide bonds. The second-order valence-electron chi connectivity index (χ2n) is 10.9. The highest BCUT2D eigenvalue weighted by Crippen LogP contribution is 2.61. The first-order valence-electron chi connectivity index (χ1n) is 14.1. The third kappa shape index (κ3) is 4.47. The summed E-state index contributed by atoms with van der Waals surface area (Å²) < 4.78 is 10.5. The van der Waals surface area contributed by atoms with Crippen LogP contribution >= 0.6 is 0 Å². The molecule has 1 saturated heterocycles. The Kier molecular flexibility index (Phi) is 7.07. The second-order valence-corrected chi connectivity index (χ2v) is 10.9. The number of esters is 1. The van der Waals surface area contributed by atoms with Crippen LogP contribution in [0.2, 0.25) is 0 Å². The van der Waals surface area contributed by atoms with E-state index in [9.17, 15) is 19.2 Å². The Morgan fingerprint density at radius 3 is 1.80 bits per heavy atom. The molecule has 8 heteroatoms. The summed E-state index contributed by atoms with van der Waals surface area (Å²) in [5.41, 5.74) is 4.82. The number of hydrogen-bond donors (Lipinski definition) is 1. The zero-order chi connectivity index (χ0) is 28.7. The first kappa shape index (κ1) is 26.7.